The molecule has 2 aromatic rings. The topological polar surface area (TPSA) is 84.0 Å². The van der Waals surface area contributed by atoms with Gasteiger partial charge in [0.1, 0.15) is 0 Å². The van der Waals surface area contributed by atoms with Gasteiger partial charge in [-0.05, 0) is 12.1 Å². The summed E-state index contributed by atoms with van der Waals surface area (Å²) < 4.78 is 0. The minimum absolute atomic E-state index is 0.362. The zero-order valence-corrected chi connectivity index (χ0v) is 10.8. The van der Waals surface area contributed by atoms with Crippen molar-refractivity contribution in [2.45, 2.75) is 6.42 Å². The van der Waals surface area contributed by atoms with Crippen molar-refractivity contribution in [2.75, 3.05) is 11.9 Å². The van der Waals surface area contributed by atoms with Crippen molar-refractivity contribution in [2.24, 2.45) is 0 Å². The quantitative estimate of drug-likeness (QED) is 0.810. The number of hydrogen-bond acceptors (Lipinski definition) is 5. The van der Waals surface area contributed by atoms with Crippen LogP contribution in [-0.4, -0.2) is 28.3 Å². The minimum Gasteiger partial charge on any atom is -0.347 e. The number of thiazole rings is 1. The number of carbonyl (C=O) groups excluding carboxylic acids is 2. The molecule has 2 heterocycles. The highest BCUT2D eigenvalue weighted by Crippen LogP contribution is 2.09. The van der Waals surface area contributed by atoms with Gasteiger partial charge in [-0.3, -0.25) is 19.9 Å². The summed E-state index contributed by atoms with van der Waals surface area (Å²) in [5.41, 5.74) is 0.864. The van der Waals surface area contributed by atoms with Gasteiger partial charge in [-0.15, -0.1) is 11.3 Å². The highest BCUT2D eigenvalue weighted by molar-refractivity contribution is 7.13. The van der Waals surface area contributed by atoms with E-state index in [1.54, 1.807) is 17.8 Å². The van der Waals surface area contributed by atoms with Crippen LogP contribution in [-0.2, 0) is 16.0 Å². The van der Waals surface area contributed by atoms with Crippen LogP contribution in [0.5, 0.6) is 0 Å². The smallest absolute Gasteiger partial charge is 0.315 e. The third kappa shape index (κ3) is 4.14. The van der Waals surface area contributed by atoms with Gasteiger partial charge in [0, 0.05) is 36.4 Å². The Bertz CT molecular complexity index is 542. The number of aromatic nitrogens is 2. The molecule has 0 radical (unpaired) electrons. The Labute approximate surface area is 113 Å². The monoisotopic (exact) mass is 276 g/mol. The summed E-state index contributed by atoms with van der Waals surface area (Å²) in [4.78, 5) is 31.0. The first kappa shape index (κ1) is 13.2. The number of hydrogen-bond donors (Lipinski definition) is 2. The van der Waals surface area contributed by atoms with E-state index in [2.05, 4.69) is 20.6 Å². The summed E-state index contributed by atoms with van der Waals surface area (Å²) in [7, 11) is 0. The third-order valence-corrected chi connectivity index (χ3v) is 2.94. The molecule has 0 unspecified atom stereocenters. The number of nitrogens with zero attached hydrogens (tertiary/aromatic N) is 2. The van der Waals surface area contributed by atoms with Crippen molar-refractivity contribution in [3.63, 3.8) is 0 Å². The second-order valence-electron chi connectivity index (χ2n) is 3.62. The van der Waals surface area contributed by atoms with Gasteiger partial charge < -0.3 is 5.32 Å². The van der Waals surface area contributed by atoms with Crippen LogP contribution in [0.3, 0.4) is 0 Å². The highest BCUT2D eigenvalue weighted by Gasteiger charge is 2.13. The van der Waals surface area contributed by atoms with E-state index in [1.165, 1.54) is 11.3 Å². The summed E-state index contributed by atoms with van der Waals surface area (Å²) in [6.45, 7) is 0.362. The molecule has 0 atom stereocenters. The minimum atomic E-state index is -0.712. The van der Waals surface area contributed by atoms with Crippen molar-refractivity contribution in [3.05, 3.63) is 41.7 Å². The number of carbonyl (C=O) groups is 2. The molecule has 0 aliphatic heterocycles. The van der Waals surface area contributed by atoms with E-state index in [1.807, 2.05) is 18.2 Å². The molecular weight excluding hydrogens is 264 g/mol. The summed E-state index contributed by atoms with van der Waals surface area (Å²) in [5, 5.41) is 7.06. The van der Waals surface area contributed by atoms with Crippen molar-refractivity contribution < 1.29 is 9.59 Å². The molecule has 98 valence electrons. The number of amides is 2. The van der Waals surface area contributed by atoms with Crippen molar-refractivity contribution in [1.82, 2.24) is 15.3 Å². The van der Waals surface area contributed by atoms with Crippen molar-refractivity contribution in [1.29, 1.82) is 0 Å². The second-order valence-corrected chi connectivity index (χ2v) is 4.51. The van der Waals surface area contributed by atoms with E-state index < -0.39 is 11.8 Å². The van der Waals surface area contributed by atoms with Crippen molar-refractivity contribution in [3.8, 4) is 0 Å². The summed E-state index contributed by atoms with van der Waals surface area (Å²) in [6, 6.07) is 5.56. The molecule has 0 fully saturated rings. The standard InChI is InChI=1S/C12H12N4O2S/c17-10(11(18)16-12-15-7-8-19-12)14-6-4-9-3-1-2-5-13-9/h1-3,5,7-8H,4,6H2,(H,14,17)(H,15,16,18). The van der Waals surface area contributed by atoms with Gasteiger partial charge in [-0.1, -0.05) is 6.07 Å². The predicted molar refractivity (Wildman–Crippen MR) is 71.7 cm³/mol. The molecule has 0 aromatic carbocycles. The Hall–Kier alpha value is -2.28. The lowest BCUT2D eigenvalue weighted by Crippen LogP contribution is -2.36. The van der Waals surface area contributed by atoms with Crippen LogP contribution in [0.25, 0.3) is 0 Å². The van der Waals surface area contributed by atoms with E-state index in [4.69, 9.17) is 0 Å². The van der Waals surface area contributed by atoms with Gasteiger partial charge in [0.15, 0.2) is 5.13 Å². The summed E-state index contributed by atoms with van der Waals surface area (Å²) in [6.07, 6.45) is 3.82. The van der Waals surface area contributed by atoms with Gasteiger partial charge >= 0.3 is 11.8 Å². The predicted octanol–water partition coefficient (Wildman–Crippen LogP) is 0.835. The van der Waals surface area contributed by atoms with E-state index in [0.29, 0.717) is 18.1 Å². The lowest BCUT2D eigenvalue weighted by molar-refractivity contribution is -0.136. The van der Waals surface area contributed by atoms with E-state index in [0.717, 1.165) is 5.69 Å². The zero-order valence-electron chi connectivity index (χ0n) is 10.00. The Kier molecular flexibility index (Phi) is 4.57. The van der Waals surface area contributed by atoms with Gasteiger partial charge in [-0.25, -0.2) is 4.98 Å². The van der Waals surface area contributed by atoms with Gasteiger partial charge in [0.25, 0.3) is 0 Å². The number of nitrogens with one attached hydrogen (secondary N) is 2. The molecule has 0 saturated heterocycles. The average Bonchev–Trinajstić information content (AvgIpc) is 2.92. The van der Waals surface area contributed by atoms with Crippen LogP contribution in [0.2, 0.25) is 0 Å². The highest BCUT2D eigenvalue weighted by atomic mass is 32.1. The molecule has 0 saturated carbocycles. The second kappa shape index (κ2) is 6.60. The Morgan fingerprint density at radius 3 is 2.74 bits per heavy atom. The van der Waals surface area contributed by atoms with Crippen molar-refractivity contribution >= 4 is 28.3 Å². The molecule has 7 heteroatoms. The molecule has 6 nitrogen and oxygen atoms in total. The lowest BCUT2D eigenvalue weighted by atomic mass is 10.3. The van der Waals surface area contributed by atoms with Crippen LogP contribution in [0, 0.1) is 0 Å². The molecular formula is C12H12N4O2S. The SMILES string of the molecule is O=C(NCCc1ccccn1)C(=O)Nc1nccs1. The maximum absolute atomic E-state index is 11.5. The van der Waals surface area contributed by atoms with Gasteiger partial charge in [-0.2, -0.15) is 0 Å². The first-order valence-electron chi connectivity index (χ1n) is 5.64. The maximum atomic E-state index is 11.5. The molecule has 19 heavy (non-hydrogen) atoms. The molecule has 0 bridgehead atoms. The van der Waals surface area contributed by atoms with Crippen LogP contribution >= 0.6 is 11.3 Å². The Balaban J connectivity index is 1.74. The first-order valence-corrected chi connectivity index (χ1v) is 6.52. The van der Waals surface area contributed by atoms with Crippen LogP contribution in [0.1, 0.15) is 5.69 Å². The summed E-state index contributed by atoms with van der Waals surface area (Å²) >= 11 is 1.26. The molecule has 2 N–H and O–H groups in total. The van der Waals surface area contributed by atoms with Crippen LogP contribution in [0.15, 0.2) is 36.0 Å². The zero-order chi connectivity index (χ0) is 13.5. The van der Waals surface area contributed by atoms with Gasteiger partial charge in [0.2, 0.25) is 0 Å². The normalized spacial score (nSPS) is 9.89. The van der Waals surface area contributed by atoms with E-state index >= 15 is 0 Å². The molecule has 0 aliphatic rings. The number of rotatable bonds is 4. The fraction of sp³-hybridized carbons (Fsp3) is 0.167. The van der Waals surface area contributed by atoms with E-state index in [9.17, 15) is 9.59 Å². The third-order valence-electron chi connectivity index (χ3n) is 2.25. The first-order chi connectivity index (χ1) is 9.25. The Morgan fingerprint density at radius 1 is 1.16 bits per heavy atom. The number of anilines is 1. The lowest BCUT2D eigenvalue weighted by Gasteiger charge is -2.04. The maximum Gasteiger partial charge on any atom is 0.315 e. The van der Waals surface area contributed by atoms with E-state index in [-0.39, 0.29) is 0 Å². The average molecular weight is 276 g/mol. The Morgan fingerprint density at radius 2 is 2.05 bits per heavy atom. The van der Waals surface area contributed by atoms with Crippen LogP contribution in [0.4, 0.5) is 5.13 Å². The molecule has 2 aromatic heterocycles. The number of pyridine rings is 1. The molecule has 2 rings (SSSR count). The fourth-order valence-electron chi connectivity index (χ4n) is 1.37. The van der Waals surface area contributed by atoms with Crippen LogP contribution < -0.4 is 10.6 Å². The molecule has 0 spiro atoms. The summed E-state index contributed by atoms with van der Waals surface area (Å²) in [5.74, 6) is -1.39. The van der Waals surface area contributed by atoms with Gasteiger partial charge in [0.05, 0.1) is 0 Å². The fourth-order valence-corrected chi connectivity index (χ4v) is 1.89. The molecule has 2 amide bonds. The largest absolute Gasteiger partial charge is 0.347 e. The molecule has 0 aliphatic carbocycles.